The van der Waals surface area contributed by atoms with Gasteiger partial charge in [0.25, 0.3) is 5.91 Å². The minimum atomic E-state index is -0.283. The number of ether oxygens (including phenoxy) is 3. The van der Waals surface area contributed by atoms with Crippen LogP contribution in [0.1, 0.15) is 15.9 Å². The van der Waals surface area contributed by atoms with Crippen LogP contribution in [0.25, 0.3) is 10.2 Å². The van der Waals surface area contributed by atoms with Crippen LogP contribution in [-0.4, -0.2) is 32.2 Å². The van der Waals surface area contributed by atoms with Crippen molar-refractivity contribution >= 4 is 32.6 Å². The van der Waals surface area contributed by atoms with Crippen molar-refractivity contribution in [1.82, 2.24) is 4.98 Å². The Hall–Kier alpha value is -2.80. The maximum Gasteiger partial charge on any atom is 0.257 e. The Morgan fingerprint density at radius 2 is 1.68 bits per heavy atom. The van der Waals surface area contributed by atoms with E-state index in [-0.39, 0.29) is 5.91 Å². The Morgan fingerprint density at radius 3 is 2.28 bits per heavy atom. The average molecular weight is 358 g/mol. The number of methoxy groups -OCH3 is 3. The van der Waals surface area contributed by atoms with Crippen molar-refractivity contribution < 1.29 is 19.0 Å². The summed E-state index contributed by atoms with van der Waals surface area (Å²) in [6.45, 7) is 1.87. The molecule has 6 nitrogen and oxygen atoms in total. The number of hydrogen-bond acceptors (Lipinski definition) is 6. The summed E-state index contributed by atoms with van der Waals surface area (Å²) in [4.78, 5) is 17.1. The Morgan fingerprint density at radius 1 is 1.04 bits per heavy atom. The highest BCUT2D eigenvalue weighted by atomic mass is 32.1. The first kappa shape index (κ1) is 17.0. The molecule has 0 radical (unpaired) electrons. The van der Waals surface area contributed by atoms with Crippen LogP contribution >= 0.6 is 11.3 Å². The normalized spacial score (nSPS) is 10.6. The molecule has 3 aromatic rings. The Bertz CT molecular complexity index is 911. The van der Waals surface area contributed by atoms with Crippen molar-refractivity contribution in [2.45, 2.75) is 6.92 Å². The van der Waals surface area contributed by atoms with E-state index in [1.54, 1.807) is 33.5 Å². The van der Waals surface area contributed by atoms with E-state index in [9.17, 15) is 4.79 Å². The third-order valence-corrected chi connectivity index (χ3v) is 4.77. The molecular weight excluding hydrogens is 340 g/mol. The van der Waals surface area contributed by atoms with Crippen molar-refractivity contribution in [1.29, 1.82) is 0 Å². The number of anilines is 1. The second-order valence-corrected chi connectivity index (χ2v) is 6.32. The van der Waals surface area contributed by atoms with Crippen molar-refractivity contribution in [2.24, 2.45) is 0 Å². The predicted octanol–water partition coefficient (Wildman–Crippen LogP) is 3.88. The van der Waals surface area contributed by atoms with Crippen molar-refractivity contribution in [3.63, 3.8) is 0 Å². The molecule has 0 saturated heterocycles. The van der Waals surface area contributed by atoms with Crippen molar-refractivity contribution in [3.8, 4) is 17.2 Å². The van der Waals surface area contributed by atoms with Gasteiger partial charge in [0.1, 0.15) is 22.8 Å². The fraction of sp³-hybridized carbons (Fsp3) is 0.222. The molecule has 2 aromatic carbocycles. The lowest BCUT2D eigenvalue weighted by molar-refractivity contribution is 0.102. The number of aromatic nitrogens is 1. The maximum absolute atomic E-state index is 12.6. The minimum absolute atomic E-state index is 0.283. The molecule has 7 heteroatoms. The van der Waals surface area contributed by atoms with E-state index in [0.717, 1.165) is 15.8 Å². The molecule has 1 N–H and O–H groups in total. The molecule has 1 aromatic heterocycles. The molecule has 25 heavy (non-hydrogen) atoms. The molecule has 0 aliphatic heterocycles. The highest BCUT2D eigenvalue weighted by Crippen LogP contribution is 2.33. The molecule has 0 unspecified atom stereocenters. The van der Waals surface area contributed by atoms with Crippen LogP contribution in [0.4, 0.5) is 5.13 Å². The number of para-hydroxylation sites is 1. The van der Waals surface area contributed by atoms with Gasteiger partial charge in [-0.2, -0.15) is 0 Å². The fourth-order valence-corrected chi connectivity index (χ4v) is 3.41. The summed E-state index contributed by atoms with van der Waals surface area (Å²) in [5, 5.41) is 3.33. The number of benzene rings is 2. The molecule has 0 bridgehead atoms. The molecule has 130 valence electrons. The SMILES string of the molecule is COc1cc(C(=O)Nc2nc3c(OC)cccc3s2)cc(OC)c1C. The summed E-state index contributed by atoms with van der Waals surface area (Å²) in [5.41, 5.74) is 2.00. The second-order valence-electron chi connectivity index (χ2n) is 5.29. The highest BCUT2D eigenvalue weighted by molar-refractivity contribution is 7.22. The summed E-state index contributed by atoms with van der Waals surface area (Å²) in [7, 11) is 4.71. The van der Waals surface area contributed by atoms with Crippen LogP contribution in [0, 0.1) is 6.92 Å². The molecule has 0 fully saturated rings. The number of fused-ring (bicyclic) bond motifs is 1. The average Bonchev–Trinajstić information content (AvgIpc) is 3.04. The van der Waals surface area contributed by atoms with Gasteiger partial charge in [0.15, 0.2) is 5.13 Å². The first-order valence-electron chi connectivity index (χ1n) is 7.55. The molecule has 0 aliphatic rings. The Kier molecular flexibility index (Phi) is 4.76. The van der Waals surface area contributed by atoms with Crippen LogP contribution in [-0.2, 0) is 0 Å². The quantitative estimate of drug-likeness (QED) is 0.749. The van der Waals surface area contributed by atoms with Gasteiger partial charge in [0.2, 0.25) is 0 Å². The number of nitrogens with one attached hydrogen (secondary N) is 1. The van der Waals surface area contributed by atoms with E-state index in [4.69, 9.17) is 14.2 Å². The lowest BCUT2D eigenvalue weighted by Gasteiger charge is -2.12. The van der Waals surface area contributed by atoms with Crippen LogP contribution in [0.3, 0.4) is 0 Å². The van der Waals surface area contributed by atoms with Gasteiger partial charge in [-0.3, -0.25) is 10.1 Å². The zero-order valence-corrected chi connectivity index (χ0v) is 15.2. The first-order chi connectivity index (χ1) is 12.1. The molecule has 0 spiro atoms. The van der Waals surface area contributed by atoms with Crippen LogP contribution < -0.4 is 19.5 Å². The minimum Gasteiger partial charge on any atom is -0.496 e. The van der Waals surface area contributed by atoms with Crippen LogP contribution in [0.5, 0.6) is 17.2 Å². The van der Waals surface area contributed by atoms with Gasteiger partial charge in [-0.05, 0) is 31.2 Å². The van der Waals surface area contributed by atoms with E-state index >= 15 is 0 Å². The lowest BCUT2D eigenvalue weighted by atomic mass is 10.1. The molecular formula is C18H18N2O4S. The lowest BCUT2D eigenvalue weighted by Crippen LogP contribution is -2.12. The van der Waals surface area contributed by atoms with Gasteiger partial charge in [0.05, 0.1) is 26.0 Å². The summed E-state index contributed by atoms with van der Waals surface area (Å²) < 4.78 is 16.9. The van der Waals surface area contributed by atoms with Gasteiger partial charge in [0, 0.05) is 11.1 Å². The van der Waals surface area contributed by atoms with Crippen LogP contribution in [0.2, 0.25) is 0 Å². The smallest absolute Gasteiger partial charge is 0.257 e. The van der Waals surface area contributed by atoms with E-state index in [1.807, 2.05) is 25.1 Å². The highest BCUT2D eigenvalue weighted by Gasteiger charge is 2.16. The first-order valence-corrected chi connectivity index (χ1v) is 8.36. The Balaban J connectivity index is 1.92. The third-order valence-electron chi connectivity index (χ3n) is 3.84. The zero-order chi connectivity index (χ0) is 18.0. The number of rotatable bonds is 5. The van der Waals surface area contributed by atoms with Gasteiger partial charge >= 0.3 is 0 Å². The van der Waals surface area contributed by atoms with E-state index < -0.39 is 0 Å². The topological polar surface area (TPSA) is 69.7 Å². The number of carbonyl (C=O) groups is 1. The van der Waals surface area contributed by atoms with Gasteiger partial charge in [-0.15, -0.1) is 0 Å². The van der Waals surface area contributed by atoms with E-state index in [1.165, 1.54) is 11.3 Å². The Labute approximate surface area is 149 Å². The standard InChI is InChI=1S/C18H18N2O4S/c1-10-13(23-3)8-11(9-14(10)24-4)17(21)20-18-19-16-12(22-2)6-5-7-15(16)25-18/h5-9H,1-4H3,(H,19,20,21). The summed E-state index contributed by atoms with van der Waals surface area (Å²) in [6.07, 6.45) is 0. The summed E-state index contributed by atoms with van der Waals surface area (Å²) in [6, 6.07) is 9.02. The number of carbonyl (C=O) groups excluding carboxylic acids is 1. The van der Waals surface area contributed by atoms with Gasteiger partial charge in [-0.25, -0.2) is 4.98 Å². The molecule has 1 heterocycles. The van der Waals surface area contributed by atoms with Crippen LogP contribution in [0.15, 0.2) is 30.3 Å². The largest absolute Gasteiger partial charge is 0.496 e. The van der Waals surface area contributed by atoms with E-state index in [2.05, 4.69) is 10.3 Å². The molecule has 3 rings (SSSR count). The van der Waals surface area contributed by atoms with Crippen molar-refractivity contribution in [2.75, 3.05) is 26.6 Å². The maximum atomic E-state index is 12.6. The second kappa shape index (κ2) is 6.98. The van der Waals surface area contributed by atoms with E-state index in [0.29, 0.717) is 27.9 Å². The summed E-state index contributed by atoms with van der Waals surface area (Å²) >= 11 is 1.39. The molecule has 0 saturated carbocycles. The third kappa shape index (κ3) is 3.23. The number of hydrogen-bond donors (Lipinski definition) is 1. The number of nitrogens with zero attached hydrogens (tertiary/aromatic N) is 1. The van der Waals surface area contributed by atoms with Crippen molar-refractivity contribution in [3.05, 3.63) is 41.5 Å². The van der Waals surface area contributed by atoms with Gasteiger partial charge in [-0.1, -0.05) is 17.4 Å². The molecule has 0 aliphatic carbocycles. The zero-order valence-electron chi connectivity index (χ0n) is 14.4. The summed E-state index contributed by atoms with van der Waals surface area (Å²) in [5.74, 6) is 1.58. The number of thiazole rings is 1. The predicted molar refractivity (Wildman–Crippen MR) is 98.4 cm³/mol. The number of amides is 1. The molecule has 1 amide bonds. The fourth-order valence-electron chi connectivity index (χ4n) is 2.53. The van der Waals surface area contributed by atoms with Gasteiger partial charge < -0.3 is 14.2 Å². The monoisotopic (exact) mass is 358 g/mol. The molecule has 0 atom stereocenters.